The van der Waals surface area contributed by atoms with Crippen LogP contribution in [0.15, 0.2) is 138 Å². The topological polar surface area (TPSA) is 118 Å². The van der Waals surface area contributed by atoms with Crippen LogP contribution in [0.2, 0.25) is 0 Å². The van der Waals surface area contributed by atoms with Crippen molar-refractivity contribution in [3.8, 4) is 46.8 Å². The summed E-state index contributed by atoms with van der Waals surface area (Å²) in [6.07, 6.45) is 0. The van der Waals surface area contributed by atoms with Crippen molar-refractivity contribution in [2.45, 2.75) is 0 Å². The molecule has 0 radical (unpaired) electrons. The van der Waals surface area contributed by atoms with Gasteiger partial charge in [0.25, 0.3) is 0 Å². The summed E-state index contributed by atoms with van der Waals surface area (Å²) < 4.78 is 10.5. The number of aromatic nitrogens is 2. The summed E-state index contributed by atoms with van der Waals surface area (Å²) in [5.74, 6) is 0. The Labute approximate surface area is 301 Å². The Balaban J connectivity index is 1.32. The van der Waals surface area contributed by atoms with E-state index in [1.165, 1.54) is 0 Å². The fourth-order valence-corrected chi connectivity index (χ4v) is 8.14. The number of hydrogen-bond donors (Lipinski definition) is 0. The Morgan fingerprint density at radius 3 is 1.66 bits per heavy atom. The van der Waals surface area contributed by atoms with Gasteiger partial charge in [-0.1, -0.05) is 84.9 Å². The molecule has 0 saturated carbocycles. The zero-order valence-electron chi connectivity index (χ0n) is 27.8. The van der Waals surface area contributed by atoms with Crippen molar-refractivity contribution in [1.29, 1.82) is 21.0 Å². The van der Waals surface area contributed by atoms with Crippen LogP contribution in [0.4, 0.5) is 0 Å². The third-order valence-electron chi connectivity index (χ3n) is 10.3. The van der Waals surface area contributed by atoms with Crippen LogP contribution in [-0.2, 0) is 0 Å². The van der Waals surface area contributed by atoms with E-state index in [0.29, 0.717) is 22.5 Å². The van der Waals surface area contributed by atoms with Crippen LogP contribution in [-0.4, -0.2) is 9.13 Å². The minimum atomic E-state index is 0.159. The maximum absolute atomic E-state index is 10.9. The summed E-state index contributed by atoms with van der Waals surface area (Å²) in [7, 11) is 0. The summed E-state index contributed by atoms with van der Waals surface area (Å²) in [4.78, 5) is 0. The normalized spacial score (nSPS) is 11.3. The molecule has 3 aromatic heterocycles. The molecule has 0 aliphatic heterocycles. The molecule has 0 amide bonds. The Bertz CT molecular complexity index is 3350. The molecule has 242 valence electrons. The first-order valence-corrected chi connectivity index (χ1v) is 16.9. The Morgan fingerprint density at radius 2 is 1.00 bits per heavy atom. The predicted molar refractivity (Wildman–Crippen MR) is 207 cm³/mol. The van der Waals surface area contributed by atoms with E-state index in [2.05, 4.69) is 36.4 Å². The molecular weight excluding hydrogens is 653 g/mol. The number of hydrogen-bond acceptors (Lipinski definition) is 5. The number of fused-ring (bicyclic) bond motifs is 10. The van der Waals surface area contributed by atoms with Gasteiger partial charge in [-0.2, -0.15) is 21.0 Å². The second kappa shape index (κ2) is 11.2. The average Bonchev–Trinajstić information content (AvgIpc) is 3.87. The van der Waals surface area contributed by atoms with Gasteiger partial charge >= 0.3 is 0 Å². The first-order valence-electron chi connectivity index (χ1n) is 16.9. The van der Waals surface area contributed by atoms with Crippen LogP contribution in [0.3, 0.4) is 0 Å². The quantitative estimate of drug-likeness (QED) is 0.185. The largest absolute Gasteiger partial charge is 0.455 e. The van der Waals surface area contributed by atoms with E-state index in [-0.39, 0.29) is 22.3 Å². The third-order valence-corrected chi connectivity index (χ3v) is 10.3. The molecule has 7 aromatic carbocycles. The number of benzene rings is 7. The van der Waals surface area contributed by atoms with E-state index in [1.54, 1.807) is 12.1 Å². The molecule has 0 aliphatic carbocycles. The van der Waals surface area contributed by atoms with E-state index in [9.17, 15) is 21.0 Å². The standard InChI is InChI=1S/C46H22N6O/c47-23-27-17-18-32(28-19-21-41(37(26-50)36(28)25-49)51-38-13-5-1-9-29(38)30-10-2-6-14-39(30)51)45(35(27)24-48)52-40-15-7-3-12-34(40)44-42(52)22-20-33-31-11-4-8-16-43(31)53-46(33)44/h1-22H. The van der Waals surface area contributed by atoms with Gasteiger partial charge in [-0.05, 0) is 48.5 Å². The molecule has 10 rings (SSSR count). The van der Waals surface area contributed by atoms with E-state index >= 15 is 0 Å². The number of nitriles is 4. The van der Waals surface area contributed by atoms with Crippen molar-refractivity contribution in [2.75, 3.05) is 0 Å². The molecule has 7 nitrogen and oxygen atoms in total. The zero-order chi connectivity index (χ0) is 35.8. The monoisotopic (exact) mass is 674 g/mol. The Hall–Kier alpha value is -8.10. The second-order valence-electron chi connectivity index (χ2n) is 12.9. The SMILES string of the molecule is N#Cc1ccc(-c2ccc(-n3c4ccccc4c4ccccc43)c(C#N)c2C#N)c(-n2c3ccccc3c3c4oc5ccccc5c4ccc32)c1C#N. The van der Waals surface area contributed by atoms with E-state index in [4.69, 9.17) is 4.42 Å². The van der Waals surface area contributed by atoms with Gasteiger partial charge in [-0.25, -0.2) is 0 Å². The summed E-state index contributed by atoms with van der Waals surface area (Å²) >= 11 is 0. The van der Waals surface area contributed by atoms with E-state index in [0.717, 1.165) is 65.6 Å². The number of para-hydroxylation sites is 4. The first-order chi connectivity index (χ1) is 26.2. The molecule has 53 heavy (non-hydrogen) atoms. The zero-order valence-corrected chi connectivity index (χ0v) is 27.8. The van der Waals surface area contributed by atoms with Crippen molar-refractivity contribution in [3.05, 3.63) is 156 Å². The molecule has 0 bridgehead atoms. The molecule has 0 N–H and O–H groups in total. The van der Waals surface area contributed by atoms with Gasteiger partial charge in [0.15, 0.2) is 0 Å². The highest BCUT2D eigenvalue weighted by Crippen LogP contribution is 2.44. The lowest BCUT2D eigenvalue weighted by Gasteiger charge is -2.19. The highest BCUT2D eigenvalue weighted by Gasteiger charge is 2.27. The van der Waals surface area contributed by atoms with Crippen molar-refractivity contribution in [2.24, 2.45) is 0 Å². The highest BCUT2D eigenvalue weighted by atomic mass is 16.3. The van der Waals surface area contributed by atoms with Crippen molar-refractivity contribution in [1.82, 2.24) is 9.13 Å². The fraction of sp³-hybridized carbons (Fsp3) is 0. The van der Waals surface area contributed by atoms with Crippen molar-refractivity contribution in [3.63, 3.8) is 0 Å². The van der Waals surface area contributed by atoms with Crippen LogP contribution in [0.5, 0.6) is 0 Å². The molecule has 0 spiro atoms. The Kier molecular flexibility index (Phi) is 6.30. The summed E-state index contributed by atoms with van der Waals surface area (Å²) in [6, 6.07) is 52.2. The predicted octanol–water partition coefficient (Wildman–Crippen LogP) is 10.9. The minimum absolute atomic E-state index is 0.159. The third kappa shape index (κ3) is 3.99. The molecule has 10 aromatic rings. The number of rotatable bonds is 3. The van der Waals surface area contributed by atoms with Gasteiger partial charge in [0.2, 0.25) is 0 Å². The van der Waals surface area contributed by atoms with Gasteiger partial charge in [0.05, 0.1) is 61.1 Å². The number of furan rings is 1. The second-order valence-corrected chi connectivity index (χ2v) is 12.9. The van der Waals surface area contributed by atoms with E-state index < -0.39 is 0 Å². The van der Waals surface area contributed by atoms with E-state index in [1.807, 2.05) is 118 Å². The Morgan fingerprint density at radius 1 is 0.415 bits per heavy atom. The van der Waals surface area contributed by atoms with Crippen LogP contribution >= 0.6 is 0 Å². The van der Waals surface area contributed by atoms with Crippen LogP contribution < -0.4 is 0 Å². The summed E-state index contributed by atoms with van der Waals surface area (Å²) in [6.45, 7) is 0. The van der Waals surface area contributed by atoms with Crippen molar-refractivity contribution < 1.29 is 4.42 Å². The van der Waals surface area contributed by atoms with Crippen molar-refractivity contribution >= 4 is 65.6 Å². The number of nitrogens with zero attached hydrogens (tertiary/aromatic N) is 6. The van der Waals surface area contributed by atoms with Gasteiger partial charge < -0.3 is 13.6 Å². The molecule has 7 heteroatoms. The molecule has 3 heterocycles. The van der Waals surface area contributed by atoms with Gasteiger partial charge in [-0.3, -0.25) is 0 Å². The molecule has 0 fully saturated rings. The lowest BCUT2D eigenvalue weighted by Crippen LogP contribution is -2.06. The summed E-state index contributed by atoms with van der Waals surface area (Å²) in [5.41, 5.74) is 7.63. The maximum atomic E-state index is 10.9. The maximum Gasteiger partial charge on any atom is 0.145 e. The van der Waals surface area contributed by atoms with Gasteiger partial charge in [0, 0.05) is 38.1 Å². The minimum Gasteiger partial charge on any atom is -0.455 e. The molecule has 0 unspecified atom stereocenters. The lowest BCUT2D eigenvalue weighted by atomic mass is 9.91. The molecule has 0 atom stereocenters. The van der Waals surface area contributed by atoms with Crippen LogP contribution in [0.25, 0.3) is 88.1 Å². The smallest absolute Gasteiger partial charge is 0.145 e. The first kappa shape index (κ1) is 29.8. The van der Waals surface area contributed by atoms with Gasteiger partial charge in [-0.15, -0.1) is 0 Å². The molecule has 0 aliphatic rings. The van der Waals surface area contributed by atoms with Crippen LogP contribution in [0.1, 0.15) is 22.3 Å². The average molecular weight is 675 g/mol. The fourth-order valence-electron chi connectivity index (χ4n) is 8.14. The highest BCUT2D eigenvalue weighted by molar-refractivity contribution is 6.24. The van der Waals surface area contributed by atoms with Gasteiger partial charge in [0.1, 0.15) is 35.4 Å². The van der Waals surface area contributed by atoms with Crippen LogP contribution in [0, 0.1) is 45.3 Å². The summed E-state index contributed by atoms with van der Waals surface area (Å²) in [5, 5.41) is 48.5. The molecule has 0 saturated heterocycles. The lowest BCUT2D eigenvalue weighted by molar-refractivity contribution is 0.673. The molecular formula is C46H22N6O.